The van der Waals surface area contributed by atoms with Gasteiger partial charge in [0.2, 0.25) is 0 Å². The van der Waals surface area contributed by atoms with Crippen molar-refractivity contribution in [2.45, 2.75) is 39.0 Å². The van der Waals surface area contributed by atoms with E-state index in [4.69, 9.17) is 9.84 Å². The number of alkyl halides is 1. The van der Waals surface area contributed by atoms with Gasteiger partial charge in [-0.2, -0.15) is 0 Å². The fourth-order valence-electron chi connectivity index (χ4n) is 1.38. The fourth-order valence-corrected chi connectivity index (χ4v) is 1.78. The fraction of sp³-hybridized carbons (Fsp3) is 0.909. The summed E-state index contributed by atoms with van der Waals surface area (Å²) in [6.07, 6.45) is 5.17. The quantitative estimate of drug-likeness (QED) is 0.401. The summed E-state index contributed by atoms with van der Waals surface area (Å²) < 4.78 is 4.87. The van der Waals surface area contributed by atoms with Crippen LogP contribution in [-0.2, 0) is 9.53 Å². The number of carbonyl (C=O) groups is 1. The van der Waals surface area contributed by atoms with E-state index in [2.05, 4.69) is 15.9 Å². The van der Waals surface area contributed by atoms with Crippen molar-refractivity contribution >= 4 is 21.9 Å². The molecule has 0 aliphatic rings. The topological polar surface area (TPSA) is 46.5 Å². The van der Waals surface area contributed by atoms with Gasteiger partial charge in [-0.05, 0) is 19.8 Å². The first kappa shape index (κ1) is 14.9. The van der Waals surface area contributed by atoms with E-state index >= 15 is 0 Å². The van der Waals surface area contributed by atoms with E-state index in [9.17, 15) is 4.79 Å². The van der Waals surface area contributed by atoms with Crippen LogP contribution in [0.4, 0.5) is 0 Å². The van der Waals surface area contributed by atoms with Crippen molar-refractivity contribution < 1.29 is 14.6 Å². The third-order valence-corrected chi connectivity index (χ3v) is 2.84. The first-order valence-electron chi connectivity index (χ1n) is 5.59. The number of aliphatic hydroxyl groups is 1. The number of halogens is 1. The molecule has 0 radical (unpaired) electrons. The number of carbonyl (C=O) groups excluding carboxylic acids is 1. The lowest BCUT2D eigenvalue weighted by atomic mass is 10.0. The first-order chi connectivity index (χ1) is 7.26. The van der Waals surface area contributed by atoms with E-state index in [0.717, 1.165) is 24.6 Å². The van der Waals surface area contributed by atoms with Crippen molar-refractivity contribution in [2.75, 3.05) is 18.5 Å². The van der Waals surface area contributed by atoms with Crippen molar-refractivity contribution in [1.29, 1.82) is 0 Å². The monoisotopic (exact) mass is 280 g/mol. The van der Waals surface area contributed by atoms with Gasteiger partial charge in [0.1, 0.15) is 0 Å². The van der Waals surface area contributed by atoms with Gasteiger partial charge >= 0.3 is 5.97 Å². The number of rotatable bonds is 9. The van der Waals surface area contributed by atoms with Gasteiger partial charge in [0.25, 0.3) is 0 Å². The van der Waals surface area contributed by atoms with E-state index in [0.29, 0.717) is 6.61 Å². The molecule has 0 rings (SSSR count). The summed E-state index contributed by atoms with van der Waals surface area (Å²) in [7, 11) is 0. The minimum Gasteiger partial charge on any atom is -0.466 e. The lowest BCUT2D eigenvalue weighted by Crippen LogP contribution is -2.21. The van der Waals surface area contributed by atoms with Crippen molar-refractivity contribution in [2.24, 2.45) is 5.92 Å². The maximum atomic E-state index is 11.3. The molecule has 0 aromatic carbocycles. The van der Waals surface area contributed by atoms with E-state index in [1.807, 2.05) is 0 Å². The molecular formula is C11H21BrO3. The number of ether oxygens (including phenoxy) is 1. The second-order valence-electron chi connectivity index (χ2n) is 3.52. The zero-order valence-corrected chi connectivity index (χ0v) is 11.0. The Morgan fingerprint density at radius 1 is 1.33 bits per heavy atom. The molecule has 1 atom stereocenters. The average Bonchev–Trinajstić information content (AvgIpc) is 2.23. The van der Waals surface area contributed by atoms with Gasteiger partial charge < -0.3 is 9.84 Å². The highest BCUT2D eigenvalue weighted by molar-refractivity contribution is 9.09. The molecule has 3 nitrogen and oxygen atoms in total. The first-order valence-corrected chi connectivity index (χ1v) is 6.71. The third-order valence-electron chi connectivity index (χ3n) is 2.28. The standard InChI is InChI=1S/C11H21BrO3/c1-2-15-11(14)10(9-13)7-5-3-4-6-8-12/h10,13H,2-9H2,1H3. The van der Waals surface area contributed by atoms with Crippen LogP contribution in [0.1, 0.15) is 39.0 Å². The van der Waals surface area contributed by atoms with E-state index in [1.165, 1.54) is 12.8 Å². The minimum absolute atomic E-state index is 0.0999. The Morgan fingerprint density at radius 3 is 2.53 bits per heavy atom. The molecular weight excluding hydrogens is 260 g/mol. The van der Waals surface area contributed by atoms with Gasteiger partial charge in [-0.25, -0.2) is 0 Å². The van der Waals surface area contributed by atoms with Gasteiger partial charge in [-0.1, -0.05) is 35.2 Å². The molecule has 0 fully saturated rings. The zero-order valence-electron chi connectivity index (χ0n) is 9.38. The predicted octanol–water partition coefficient (Wildman–Crippen LogP) is 2.50. The molecule has 0 saturated heterocycles. The summed E-state index contributed by atoms with van der Waals surface area (Å²) >= 11 is 3.37. The van der Waals surface area contributed by atoms with E-state index < -0.39 is 0 Å². The molecule has 0 heterocycles. The summed E-state index contributed by atoms with van der Waals surface area (Å²) in [4.78, 5) is 11.3. The highest BCUT2D eigenvalue weighted by atomic mass is 79.9. The Morgan fingerprint density at radius 2 is 2.00 bits per heavy atom. The molecule has 0 saturated carbocycles. The molecule has 0 aromatic rings. The number of hydrogen-bond acceptors (Lipinski definition) is 3. The second kappa shape index (κ2) is 10.4. The summed E-state index contributed by atoms with van der Waals surface area (Å²) in [5.41, 5.74) is 0. The molecule has 0 aliphatic heterocycles. The Balaban J connectivity index is 3.56. The lowest BCUT2D eigenvalue weighted by Gasteiger charge is -2.12. The Labute approximate surface area is 100 Å². The molecule has 1 unspecified atom stereocenters. The maximum Gasteiger partial charge on any atom is 0.311 e. The van der Waals surface area contributed by atoms with Crippen molar-refractivity contribution in [3.8, 4) is 0 Å². The highest BCUT2D eigenvalue weighted by Gasteiger charge is 2.17. The Bertz CT molecular complexity index is 162. The number of hydrogen-bond donors (Lipinski definition) is 1. The van der Waals surface area contributed by atoms with Crippen LogP contribution in [0, 0.1) is 5.92 Å². The van der Waals surface area contributed by atoms with Gasteiger partial charge in [0.15, 0.2) is 0 Å². The van der Waals surface area contributed by atoms with Gasteiger partial charge in [-0.15, -0.1) is 0 Å². The zero-order chi connectivity index (χ0) is 11.5. The van der Waals surface area contributed by atoms with Crippen LogP contribution in [0.25, 0.3) is 0 Å². The van der Waals surface area contributed by atoms with Crippen molar-refractivity contribution in [3.63, 3.8) is 0 Å². The van der Waals surface area contributed by atoms with Crippen molar-refractivity contribution in [1.82, 2.24) is 0 Å². The average molecular weight is 281 g/mol. The van der Waals surface area contributed by atoms with Crippen LogP contribution >= 0.6 is 15.9 Å². The summed E-state index contributed by atoms with van der Waals surface area (Å²) in [6, 6.07) is 0. The molecule has 0 spiro atoms. The van der Waals surface area contributed by atoms with E-state index in [1.54, 1.807) is 6.92 Å². The summed E-state index contributed by atoms with van der Waals surface area (Å²) in [6.45, 7) is 2.07. The van der Waals surface area contributed by atoms with Crippen LogP contribution in [0.2, 0.25) is 0 Å². The SMILES string of the molecule is CCOC(=O)C(CO)CCCCCCBr. The molecule has 0 aromatic heterocycles. The van der Waals surface area contributed by atoms with Crippen LogP contribution in [0.5, 0.6) is 0 Å². The second-order valence-corrected chi connectivity index (χ2v) is 4.32. The number of aliphatic hydroxyl groups excluding tert-OH is 1. The molecule has 90 valence electrons. The molecule has 4 heteroatoms. The molecule has 0 bridgehead atoms. The summed E-state index contributed by atoms with van der Waals surface area (Å²) in [5.74, 6) is -0.589. The maximum absolute atomic E-state index is 11.3. The van der Waals surface area contributed by atoms with Gasteiger partial charge in [0, 0.05) is 5.33 Å². The van der Waals surface area contributed by atoms with Crippen LogP contribution < -0.4 is 0 Å². The molecule has 0 amide bonds. The normalized spacial score (nSPS) is 12.5. The highest BCUT2D eigenvalue weighted by Crippen LogP contribution is 2.12. The lowest BCUT2D eigenvalue weighted by molar-refractivity contribution is -0.149. The largest absolute Gasteiger partial charge is 0.466 e. The van der Waals surface area contributed by atoms with Crippen molar-refractivity contribution in [3.05, 3.63) is 0 Å². The van der Waals surface area contributed by atoms with E-state index in [-0.39, 0.29) is 18.5 Å². The molecule has 1 N–H and O–H groups in total. The molecule has 15 heavy (non-hydrogen) atoms. The van der Waals surface area contributed by atoms with Crippen LogP contribution in [0.15, 0.2) is 0 Å². The van der Waals surface area contributed by atoms with Crippen LogP contribution in [-0.4, -0.2) is 29.6 Å². The predicted molar refractivity (Wildman–Crippen MR) is 64.1 cm³/mol. The minimum atomic E-state index is -0.325. The Kier molecular flexibility index (Phi) is 10.4. The number of unbranched alkanes of at least 4 members (excludes halogenated alkanes) is 3. The third kappa shape index (κ3) is 7.79. The van der Waals surface area contributed by atoms with Crippen LogP contribution in [0.3, 0.4) is 0 Å². The van der Waals surface area contributed by atoms with Gasteiger partial charge in [-0.3, -0.25) is 4.79 Å². The van der Waals surface area contributed by atoms with Gasteiger partial charge in [0.05, 0.1) is 19.1 Å². The molecule has 0 aliphatic carbocycles. The smallest absolute Gasteiger partial charge is 0.311 e. The number of esters is 1. The Hall–Kier alpha value is -0.0900. The summed E-state index contributed by atoms with van der Waals surface area (Å²) in [5, 5.41) is 10.1.